The summed E-state index contributed by atoms with van der Waals surface area (Å²) in [7, 11) is 0. The first-order valence-corrected chi connectivity index (χ1v) is 4.64. The molecule has 68 valence electrons. The molecule has 2 rings (SSSR count). The first-order valence-electron chi connectivity index (χ1n) is 4.26. The molecule has 1 unspecified atom stereocenters. The maximum Gasteiger partial charge on any atom is 0.168 e. The molecule has 1 atom stereocenters. The van der Waals surface area contributed by atoms with Crippen LogP contribution in [-0.4, -0.2) is 11.8 Å². The molecule has 0 aromatic heterocycles. The Balaban J connectivity index is 2.55. The number of carbonyl (C=O) groups is 1. The number of fused-ring (bicyclic) bond motifs is 1. The summed E-state index contributed by atoms with van der Waals surface area (Å²) in [5.74, 6) is 0.131. The number of Topliss-reactive ketones (excluding diaryl/α,β-unsaturated/α-hetero) is 1. The van der Waals surface area contributed by atoms with Crippen LogP contribution in [0.3, 0.4) is 0 Å². The summed E-state index contributed by atoms with van der Waals surface area (Å²) in [5.41, 5.74) is 1.50. The standard InChI is InChI=1S/C10H10ClNO/c1-6-5-9(13)10-7(11)3-2-4-8(10)12-6/h2-4,6,12H,5H2,1H3. The molecule has 1 heterocycles. The van der Waals surface area contributed by atoms with Crippen LogP contribution in [0, 0.1) is 0 Å². The van der Waals surface area contributed by atoms with Gasteiger partial charge in [-0.1, -0.05) is 17.7 Å². The fraction of sp³-hybridized carbons (Fsp3) is 0.300. The Kier molecular flexibility index (Phi) is 2.00. The van der Waals surface area contributed by atoms with Crippen LogP contribution in [0.2, 0.25) is 5.02 Å². The largest absolute Gasteiger partial charge is 0.382 e. The molecule has 1 aromatic carbocycles. The van der Waals surface area contributed by atoms with E-state index in [-0.39, 0.29) is 11.8 Å². The van der Waals surface area contributed by atoms with Gasteiger partial charge in [0, 0.05) is 18.2 Å². The molecule has 2 nitrogen and oxygen atoms in total. The number of hydrogen-bond acceptors (Lipinski definition) is 2. The predicted octanol–water partition coefficient (Wildman–Crippen LogP) is 2.73. The summed E-state index contributed by atoms with van der Waals surface area (Å²) in [5, 5.41) is 3.77. The number of ketones is 1. The van der Waals surface area contributed by atoms with Crippen molar-refractivity contribution in [2.24, 2.45) is 0 Å². The van der Waals surface area contributed by atoms with E-state index in [1.807, 2.05) is 19.1 Å². The second-order valence-corrected chi connectivity index (χ2v) is 3.74. The van der Waals surface area contributed by atoms with E-state index >= 15 is 0 Å². The number of hydrogen-bond donors (Lipinski definition) is 1. The van der Waals surface area contributed by atoms with E-state index in [0.717, 1.165) is 5.69 Å². The SMILES string of the molecule is CC1CC(=O)c2c(Cl)cccc2N1. The van der Waals surface area contributed by atoms with Crippen molar-refractivity contribution in [3.8, 4) is 0 Å². The van der Waals surface area contributed by atoms with Crippen LogP contribution in [0.15, 0.2) is 18.2 Å². The molecule has 0 bridgehead atoms. The zero-order valence-electron chi connectivity index (χ0n) is 7.30. The Hall–Kier alpha value is -1.02. The molecule has 3 heteroatoms. The summed E-state index contributed by atoms with van der Waals surface area (Å²) in [6.07, 6.45) is 0.525. The van der Waals surface area contributed by atoms with Gasteiger partial charge in [0.2, 0.25) is 0 Å². The minimum absolute atomic E-state index is 0.131. The van der Waals surface area contributed by atoms with E-state index < -0.39 is 0 Å². The van der Waals surface area contributed by atoms with E-state index in [2.05, 4.69) is 5.32 Å². The van der Waals surface area contributed by atoms with E-state index in [0.29, 0.717) is 17.0 Å². The first kappa shape index (κ1) is 8.57. The van der Waals surface area contributed by atoms with Gasteiger partial charge in [0.05, 0.1) is 10.6 Å². The zero-order valence-corrected chi connectivity index (χ0v) is 8.06. The predicted molar refractivity (Wildman–Crippen MR) is 53.5 cm³/mol. The number of anilines is 1. The summed E-state index contributed by atoms with van der Waals surface area (Å²) in [4.78, 5) is 11.6. The number of benzene rings is 1. The van der Waals surface area contributed by atoms with Crippen LogP contribution in [0.25, 0.3) is 0 Å². The van der Waals surface area contributed by atoms with Gasteiger partial charge in [-0.3, -0.25) is 4.79 Å². The fourth-order valence-electron chi connectivity index (χ4n) is 1.62. The Morgan fingerprint density at radius 2 is 2.31 bits per heavy atom. The molecule has 13 heavy (non-hydrogen) atoms. The highest BCUT2D eigenvalue weighted by molar-refractivity contribution is 6.35. The lowest BCUT2D eigenvalue weighted by Gasteiger charge is -2.23. The molecule has 1 aromatic rings. The maximum atomic E-state index is 11.6. The molecule has 0 saturated heterocycles. The minimum Gasteiger partial charge on any atom is -0.382 e. The van der Waals surface area contributed by atoms with Crippen LogP contribution in [0.4, 0.5) is 5.69 Å². The number of nitrogens with one attached hydrogen (secondary N) is 1. The maximum absolute atomic E-state index is 11.6. The van der Waals surface area contributed by atoms with Crippen LogP contribution < -0.4 is 5.32 Å². The normalized spacial score (nSPS) is 20.8. The van der Waals surface area contributed by atoms with Crippen molar-refractivity contribution in [1.29, 1.82) is 0 Å². The third-order valence-electron chi connectivity index (χ3n) is 2.19. The van der Waals surface area contributed by atoms with Gasteiger partial charge in [-0.05, 0) is 19.1 Å². The molecule has 0 saturated carbocycles. The van der Waals surface area contributed by atoms with Gasteiger partial charge >= 0.3 is 0 Å². The molecule has 0 radical (unpaired) electrons. The van der Waals surface area contributed by atoms with E-state index in [1.165, 1.54) is 0 Å². The summed E-state index contributed by atoms with van der Waals surface area (Å²) >= 11 is 5.92. The van der Waals surface area contributed by atoms with Crippen LogP contribution >= 0.6 is 11.6 Å². The second kappa shape index (κ2) is 3.04. The zero-order chi connectivity index (χ0) is 9.42. The van der Waals surface area contributed by atoms with Gasteiger partial charge in [0.1, 0.15) is 0 Å². The highest BCUT2D eigenvalue weighted by Crippen LogP contribution is 2.30. The minimum atomic E-state index is 0.131. The number of halogens is 1. The smallest absolute Gasteiger partial charge is 0.168 e. The first-order chi connectivity index (χ1) is 6.18. The lowest BCUT2D eigenvalue weighted by molar-refractivity contribution is 0.0975. The molecular formula is C10H10ClNO. The van der Waals surface area contributed by atoms with Crippen LogP contribution in [0.5, 0.6) is 0 Å². The third kappa shape index (κ3) is 1.42. The molecule has 0 amide bonds. The van der Waals surface area contributed by atoms with Gasteiger partial charge in [0.25, 0.3) is 0 Å². The van der Waals surface area contributed by atoms with Crippen molar-refractivity contribution in [2.75, 3.05) is 5.32 Å². The van der Waals surface area contributed by atoms with Crippen molar-refractivity contribution in [1.82, 2.24) is 0 Å². The van der Waals surface area contributed by atoms with E-state index in [9.17, 15) is 4.79 Å². The fourth-order valence-corrected chi connectivity index (χ4v) is 1.90. The molecule has 1 aliphatic rings. The quantitative estimate of drug-likeness (QED) is 0.690. The Labute approximate surface area is 81.9 Å². The molecule has 0 aliphatic carbocycles. The molecular weight excluding hydrogens is 186 g/mol. The molecule has 1 aliphatic heterocycles. The highest BCUT2D eigenvalue weighted by Gasteiger charge is 2.23. The topological polar surface area (TPSA) is 29.1 Å². The average molecular weight is 196 g/mol. The summed E-state index contributed by atoms with van der Waals surface area (Å²) < 4.78 is 0. The number of carbonyl (C=O) groups excluding carboxylic acids is 1. The third-order valence-corrected chi connectivity index (χ3v) is 2.50. The Morgan fingerprint density at radius 1 is 1.54 bits per heavy atom. The van der Waals surface area contributed by atoms with Crippen LogP contribution in [-0.2, 0) is 0 Å². The van der Waals surface area contributed by atoms with Crippen molar-refractivity contribution < 1.29 is 4.79 Å². The van der Waals surface area contributed by atoms with Gasteiger partial charge in [-0.25, -0.2) is 0 Å². The van der Waals surface area contributed by atoms with Gasteiger partial charge in [-0.15, -0.1) is 0 Å². The van der Waals surface area contributed by atoms with Crippen molar-refractivity contribution in [3.05, 3.63) is 28.8 Å². The van der Waals surface area contributed by atoms with Gasteiger partial charge in [-0.2, -0.15) is 0 Å². The summed E-state index contributed by atoms with van der Waals surface area (Å²) in [6.45, 7) is 1.99. The molecule has 0 spiro atoms. The van der Waals surface area contributed by atoms with E-state index in [1.54, 1.807) is 6.07 Å². The van der Waals surface area contributed by atoms with Crippen LogP contribution in [0.1, 0.15) is 23.7 Å². The monoisotopic (exact) mass is 195 g/mol. The van der Waals surface area contributed by atoms with E-state index in [4.69, 9.17) is 11.6 Å². The van der Waals surface area contributed by atoms with Crippen molar-refractivity contribution in [2.45, 2.75) is 19.4 Å². The second-order valence-electron chi connectivity index (χ2n) is 3.34. The lowest BCUT2D eigenvalue weighted by Crippen LogP contribution is -2.26. The summed E-state index contributed by atoms with van der Waals surface area (Å²) in [6, 6.07) is 5.68. The Morgan fingerprint density at radius 3 is 3.08 bits per heavy atom. The number of rotatable bonds is 0. The lowest BCUT2D eigenvalue weighted by atomic mass is 9.98. The van der Waals surface area contributed by atoms with Crippen molar-refractivity contribution in [3.63, 3.8) is 0 Å². The highest BCUT2D eigenvalue weighted by atomic mass is 35.5. The Bertz CT molecular complexity index is 362. The molecule has 1 N–H and O–H groups in total. The molecule has 0 fully saturated rings. The van der Waals surface area contributed by atoms with Gasteiger partial charge in [0.15, 0.2) is 5.78 Å². The van der Waals surface area contributed by atoms with Crippen molar-refractivity contribution >= 4 is 23.1 Å². The average Bonchev–Trinajstić information content (AvgIpc) is 2.02. The van der Waals surface area contributed by atoms with Gasteiger partial charge < -0.3 is 5.32 Å².